The van der Waals surface area contributed by atoms with Gasteiger partial charge in [0.25, 0.3) is 5.91 Å². The summed E-state index contributed by atoms with van der Waals surface area (Å²) in [6, 6.07) is 5.01. The Kier molecular flexibility index (Phi) is 4.72. The molecule has 0 saturated heterocycles. The van der Waals surface area contributed by atoms with E-state index in [2.05, 4.69) is 15.3 Å². The number of amides is 1. The zero-order chi connectivity index (χ0) is 18.1. The molecule has 1 aromatic heterocycles. The first-order chi connectivity index (χ1) is 11.9. The highest BCUT2D eigenvalue weighted by molar-refractivity contribution is 6.31. The van der Waals surface area contributed by atoms with E-state index >= 15 is 0 Å². The minimum absolute atomic E-state index is 0.107. The molecule has 0 atom stereocenters. The third kappa shape index (κ3) is 3.35. The van der Waals surface area contributed by atoms with Crippen LogP contribution in [-0.2, 0) is 6.42 Å². The van der Waals surface area contributed by atoms with Gasteiger partial charge in [-0.1, -0.05) is 18.5 Å². The minimum Gasteiger partial charge on any atom is -0.341 e. The fourth-order valence-corrected chi connectivity index (χ4v) is 2.80. The summed E-state index contributed by atoms with van der Waals surface area (Å²) >= 11 is 5.72. The molecular formula is C18H16ClF2N3O. The molecule has 0 aliphatic heterocycles. The highest BCUT2D eigenvalue weighted by Gasteiger charge is 2.19. The van der Waals surface area contributed by atoms with Crippen molar-refractivity contribution in [3.63, 3.8) is 0 Å². The number of carbonyl (C=O) groups is 1. The molecule has 7 heteroatoms. The number of aromatic nitrogens is 2. The highest BCUT2D eigenvalue weighted by atomic mass is 35.5. The fourth-order valence-electron chi connectivity index (χ4n) is 2.62. The first kappa shape index (κ1) is 17.4. The predicted octanol–water partition coefficient (Wildman–Crippen LogP) is 5.01. The van der Waals surface area contributed by atoms with Crippen LogP contribution in [0.3, 0.4) is 0 Å². The first-order valence-corrected chi connectivity index (χ1v) is 8.22. The lowest BCUT2D eigenvalue weighted by Gasteiger charge is -2.08. The number of fused-ring (bicyclic) bond motifs is 1. The summed E-state index contributed by atoms with van der Waals surface area (Å²) in [5.74, 6) is -0.922. The van der Waals surface area contributed by atoms with E-state index in [0.717, 1.165) is 12.5 Å². The number of anilines is 1. The second-order valence-electron chi connectivity index (χ2n) is 5.77. The van der Waals surface area contributed by atoms with Gasteiger partial charge in [0.15, 0.2) is 0 Å². The summed E-state index contributed by atoms with van der Waals surface area (Å²) < 4.78 is 27.4. The summed E-state index contributed by atoms with van der Waals surface area (Å²) in [4.78, 5) is 20.1. The highest BCUT2D eigenvalue weighted by Crippen LogP contribution is 2.26. The van der Waals surface area contributed by atoms with Gasteiger partial charge >= 0.3 is 0 Å². The molecule has 2 aromatic carbocycles. The van der Waals surface area contributed by atoms with E-state index in [9.17, 15) is 13.6 Å². The van der Waals surface area contributed by atoms with Crippen LogP contribution in [0.1, 0.15) is 35.1 Å². The Bertz CT molecular complexity index is 969. The molecule has 0 unspecified atom stereocenters. The van der Waals surface area contributed by atoms with Crippen molar-refractivity contribution in [2.45, 2.75) is 26.7 Å². The number of halogens is 3. The maximum Gasteiger partial charge on any atom is 0.257 e. The van der Waals surface area contributed by atoms with E-state index in [0.29, 0.717) is 34.5 Å². The van der Waals surface area contributed by atoms with Crippen LogP contribution in [0.4, 0.5) is 14.5 Å². The molecule has 0 spiro atoms. The number of H-pyrrole nitrogens is 1. The standard InChI is InChI=1S/C18H16ClF2N3O/c1-3-4-15-23-16-9(2)14(21)8-11(17(16)24-15)18(25)22-10-5-6-13(20)12(19)7-10/h5-8H,3-4H2,1-2H3,(H,22,25)(H,23,24). The van der Waals surface area contributed by atoms with Gasteiger partial charge < -0.3 is 10.3 Å². The topological polar surface area (TPSA) is 57.8 Å². The number of aromatic amines is 1. The fraction of sp³-hybridized carbons (Fsp3) is 0.222. The molecule has 130 valence electrons. The van der Waals surface area contributed by atoms with E-state index in [1.54, 1.807) is 6.92 Å². The van der Waals surface area contributed by atoms with Crippen LogP contribution in [0.25, 0.3) is 11.0 Å². The molecule has 0 fully saturated rings. The summed E-state index contributed by atoms with van der Waals surface area (Å²) in [6.45, 7) is 3.63. The molecule has 0 bridgehead atoms. The van der Waals surface area contributed by atoms with Gasteiger partial charge in [-0.2, -0.15) is 0 Å². The van der Waals surface area contributed by atoms with Crippen LogP contribution >= 0.6 is 11.6 Å². The number of aryl methyl sites for hydroxylation is 2. The van der Waals surface area contributed by atoms with Crippen molar-refractivity contribution in [3.05, 3.63) is 57.9 Å². The number of hydrogen-bond donors (Lipinski definition) is 2. The zero-order valence-electron chi connectivity index (χ0n) is 13.7. The number of imidazole rings is 1. The number of carbonyl (C=O) groups excluding carboxylic acids is 1. The molecule has 2 N–H and O–H groups in total. The van der Waals surface area contributed by atoms with Crippen molar-refractivity contribution in [1.29, 1.82) is 0 Å². The molecule has 25 heavy (non-hydrogen) atoms. The van der Waals surface area contributed by atoms with Crippen molar-refractivity contribution in [2.75, 3.05) is 5.32 Å². The summed E-state index contributed by atoms with van der Waals surface area (Å²) in [5, 5.41) is 2.50. The van der Waals surface area contributed by atoms with Crippen LogP contribution in [0, 0.1) is 18.6 Å². The molecule has 1 amide bonds. The normalized spacial score (nSPS) is 11.1. The summed E-state index contributed by atoms with van der Waals surface area (Å²) in [7, 11) is 0. The van der Waals surface area contributed by atoms with Crippen LogP contribution in [0.2, 0.25) is 5.02 Å². The maximum absolute atomic E-state index is 14.2. The van der Waals surface area contributed by atoms with E-state index < -0.39 is 17.5 Å². The lowest BCUT2D eigenvalue weighted by atomic mass is 10.1. The van der Waals surface area contributed by atoms with Crippen molar-refractivity contribution in [1.82, 2.24) is 9.97 Å². The SMILES string of the molecule is CCCc1nc2c(C)c(F)cc(C(=O)Nc3ccc(F)c(Cl)c3)c2[nH]1. The number of nitrogens with one attached hydrogen (secondary N) is 2. The van der Waals surface area contributed by atoms with Crippen LogP contribution < -0.4 is 5.32 Å². The Hall–Kier alpha value is -2.47. The molecule has 4 nitrogen and oxygen atoms in total. The minimum atomic E-state index is -0.582. The average Bonchev–Trinajstić information content (AvgIpc) is 2.98. The van der Waals surface area contributed by atoms with Crippen molar-refractivity contribution < 1.29 is 13.6 Å². The zero-order valence-corrected chi connectivity index (χ0v) is 14.5. The first-order valence-electron chi connectivity index (χ1n) is 7.84. The third-order valence-electron chi connectivity index (χ3n) is 3.92. The summed E-state index contributed by atoms with van der Waals surface area (Å²) in [6.07, 6.45) is 1.57. The van der Waals surface area contributed by atoms with Crippen molar-refractivity contribution in [3.8, 4) is 0 Å². The van der Waals surface area contributed by atoms with E-state index in [-0.39, 0.29) is 10.6 Å². The molecule has 1 heterocycles. The van der Waals surface area contributed by atoms with Crippen molar-refractivity contribution in [2.24, 2.45) is 0 Å². The Balaban J connectivity index is 2.02. The van der Waals surface area contributed by atoms with E-state index in [1.807, 2.05) is 6.92 Å². The average molecular weight is 364 g/mol. The van der Waals surface area contributed by atoms with Gasteiger partial charge in [-0.05, 0) is 37.6 Å². The van der Waals surface area contributed by atoms with E-state index in [4.69, 9.17) is 11.6 Å². The predicted molar refractivity (Wildman–Crippen MR) is 94.1 cm³/mol. The Morgan fingerprint density at radius 3 is 2.72 bits per heavy atom. The quantitative estimate of drug-likeness (QED) is 0.684. The number of hydrogen-bond acceptors (Lipinski definition) is 2. The largest absolute Gasteiger partial charge is 0.341 e. The maximum atomic E-state index is 14.2. The molecule has 0 saturated carbocycles. The Labute approximate surface area is 148 Å². The van der Waals surface area contributed by atoms with Crippen LogP contribution in [0.15, 0.2) is 24.3 Å². The van der Waals surface area contributed by atoms with Gasteiger partial charge in [0, 0.05) is 17.7 Å². The molecule has 3 rings (SSSR count). The smallest absolute Gasteiger partial charge is 0.257 e. The van der Waals surface area contributed by atoms with Crippen LogP contribution in [0.5, 0.6) is 0 Å². The van der Waals surface area contributed by atoms with Crippen molar-refractivity contribution >= 4 is 34.2 Å². The van der Waals surface area contributed by atoms with Gasteiger partial charge in [-0.3, -0.25) is 4.79 Å². The number of benzene rings is 2. The van der Waals surface area contributed by atoms with Gasteiger partial charge in [-0.25, -0.2) is 13.8 Å². The second kappa shape index (κ2) is 6.80. The number of rotatable bonds is 4. The summed E-state index contributed by atoms with van der Waals surface area (Å²) in [5.41, 5.74) is 1.75. The van der Waals surface area contributed by atoms with Gasteiger partial charge in [-0.15, -0.1) is 0 Å². The third-order valence-corrected chi connectivity index (χ3v) is 4.21. The molecular weight excluding hydrogens is 348 g/mol. The Morgan fingerprint density at radius 2 is 2.04 bits per heavy atom. The van der Waals surface area contributed by atoms with Gasteiger partial charge in [0.1, 0.15) is 17.5 Å². The van der Waals surface area contributed by atoms with E-state index in [1.165, 1.54) is 18.2 Å². The van der Waals surface area contributed by atoms with Gasteiger partial charge in [0.2, 0.25) is 0 Å². The monoisotopic (exact) mass is 363 g/mol. The molecule has 3 aromatic rings. The lowest BCUT2D eigenvalue weighted by Crippen LogP contribution is -2.13. The Morgan fingerprint density at radius 1 is 1.28 bits per heavy atom. The molecule has 0 aliphatic rings. The second-order valence-corrected chi connectivity index (χ2v) is 6.18. The molecule has 0 radical (unpaired) electrons. The lowest BCUT2D eigenvalue weighted by molar-refractivity contribution is 0.102. The van der Waals surface area contributed by atoms with Crippen LogP contribution in [-0.4, -0.2) is 15.9 Å². The van der Waals surface area contributed by atoms with Gasteiger partial charge in [0.05, 0.1) is 21.6 Å². The number of nitrogens with zero attached hydrogens (tertiary/aromatic N) is 1. The molecule has 0 aliphatic carbocycles.